The van der Waals surface area contributed by atoms with Gasteiger partial charge in [0.25, 0.3) is 0 Å². The van der Waals surface area contributed by atoms with Gasteiger partial charge < -0.3 is 9.15 Å². The standard InChI is InChI=1S/C17H17N3O3S/c1-3-22-15(21)11-24-17-19-18-16(14-9-6-10-23-14)20(17)13-8-5-4-7-12(13)2/h4-10H,3,11H2,1-2H3. The Morgan fingerprint density at radius 2 is 2.08 bits per heavy atom. The SMILES string of the molecule is CCOC(=O)CSc1nnc(-c2ccco2)n1-c1ccccc1C. The molecule has 0 aliphatic rings. The number of furan rings is 1. The Hall–Kier alpha value is -2.54. The third kappa shape index (κ3) is 3.35. The number of rotatable bonds is 6. The number of carbonyl (C=O) groups excluding carboxylic acids is 1. The average molecular weight is 343 g/mol. The third-order valence-corrected chi connectivity index (χ3v) is 4.26. The molecule has 2 heterocycles. The van der Waals surface area contributed by atoms with Gasteiger partial charge in [-0.25, -0.2) is 0 Å². The van der Waals surface area contributed by atoms with Crippen molar-refractivity contribution in [2.75, 3.05) is 12.4 Å². The largest absolute Gasteiger partial charge is 0.465 e. The quantitative estimate of drug-likeness (QED) is 0.504. The first-order chi connectivity index (χ1) is 11.7. The fourth-order valence-electron chi connectivity index (χ4n) is 2.29. The highest BCUT2D eigenvalue weighted by molar-refractivity contribution is 7.99. The molecule has 2 aromatic heterocycles. The molecule has 0 aliphatic heterocycles. The Bertz CT molecular complexity index is 827. The van der Waals surface area contributed by atoms with E-state index in [4.69, 9.17) is 9.15 Å². The molecule has 1 aromatic carbocycles. The van der Waals surface area contributed by atoms with Crippen LogP contribution in [0.5, 0.6) is 0 Å². The second kappa shape index (κ2) is 7.35. The van der Waals surface area contributed by atoms with Crippen molar-refractivity contribution in [2.24, 2.45) is 0 Å². The lowest BCUT2D eigenvalue weighted by atomic mass is 10.2. The summed E-state index contributed by atoms with van der Waals surface area (Å²) < 4.78 is 12.4. The van der Waals surface area contributed by atoms with Crippen LogP contribution in [0.4, 0.5) is 0 Å². The van der Waals surface area contributed by atoms with Gasteiger partial charge in [-0.15, -0.1) is 10.2 Å². The summed E-state index contributed by atoms with van der Waals surface area (Å²) in [6.45, 7) is 4.16. The smallest absolute Gasteiger partial charge is 0.316 e. The van der Waals surface area contributed by atoms with Crippen LogP contribution < -0.4 is 0 Å². The molecule has 0 saturated carbocycles. The van der Waals surface area contributed by atoms with E-state index in [-0.39, 0.29) is 11.7 Å². The van der Waals surface area contributed by atoms with E-state index < -0.39 is 0 Å². The molecular formula is C17H17N3O3S. The average Bonchev–Trinajstić information content (AvgIpc) is 3.23. The summed E-state index contributed by atoms with van der Waals surface area (Å²) in [7, 11) is 0. The van der Waals surface area contributed by atoms with Gasteiger partial charge in [-0.1, -0.05) is 30.0 Å². The molecule has 0 aliphatic carbocycles. The van der Waals surface area contributed by atoms with Crippen LogP contribution in [0.3, 0.4) is 0 Å². The van der Waals surface area contributed by atoms with Crippen molar-refractivity contribution < 1.29 is 13.9 Å². The molecule has 0 bridgehead atoms. The number of carbonyl (C=O) groups is 1. The molecule has 3 aromatic rings. The summed E-state index contributed by atoms with van der Waals surface area (Å²) in [5, 5.41) is 9.09. The van der Waals surface area contributed by atoms with Crippen LogP contribution in [0.15, 0.2) is 52.2 Å². The first-order valence-electron chi connectivity index (χ1n) is 7.54. The maximum absolute atomic E-state index is 11.6. The first-order valence-corrected chi connectivity index (χ1v) is 8.53. The molecule has 0 unspecified atom stereocenters. The van der Waals surface area contributed by atoms with Crippen LogP contribution in [-0.4, -0.2) is 33.1 Å². The number of benzene rings is 1. The number of para-hydroxylation sites is 1. The molecule has 3 rings (SSSR count). The minimum Gasteiger partial charge on any atom is -0.465 e. The van der Waals surface area contributed by atoms with Crippen LogP contribution in [0, 0.1) is 6.92 Å². The Morgan fingerprint density at radius 1 is 1.25 bits per heavy atom. The zero-order valence-corrected chi connectivity index (χ0v) is 14.2. The van der Waals surface area contributed by atoms with E-state index in [9.17, 15) is 4.79 Å². The Balaban J connectivity index is 2.01. The van der Waals surface area contributed by atoms with Gasteiger partial charge >= 0.3 is 5.97 Å². The zero-order valence-electron chi connectivity index (χ0n) is 13.4. The minimum absolute atomic E-state index is 0.177. The summed E-state index contributed by atoms with van der Waals surface area (Å²) in [5.41, 5.74) is 2.02. The summed E-state index contributed by atoms with van der Waals surface area (Å²) in [6.07, 6.45) is 1.59. The number of aromatic nitrogens is 3. The summed E-state index contributed by atoms with van der Waals surface area (Å²) in [5.74, 6) is 1.12. The van der Waals surface area contributed by atoms with Gasteiger partial charge in [-0.3, -0.25) is 9.36 Å². The van der Waals surface area contributed by atoms with Crippen molar-refractivity contribution in [3.8, 4) is 17.3 Å². The van der Waals surface area contributed by atoms with E-state index in [0.717, 1.165) is 11.3 Å². The van der Waals surface area contributed by atoms with Crippen molar-refractivity contribution in [2.45, 2.75) is 19.0 Å². The molecule has 0 amide bonds. The van der Waals surface area contributed by atoms with Gasteiger partial charge in [0.15, 0.2) is 10.9 Å². The Labute approximate surface area is 143 Å². The number of ether oxygens (including phenoxy) is 1. The normalized spacial score (nSPS) is 10.8. The number of hydrogen-bond acceptors (Lipinski definition) is 6. The molecule has 0 atom stereocenters. The fraction of sp³-hybridized carbons (Fsp3) is 0.235. The van der Waals surface area contributed by atoms with Gasteiger partial charge in [-0.2, -0.15) is 0 Å². The minimum atomic E-state index is -0.276. The molecule has 0 saturated heterocycles. The van der Waals surface area contributed by atoms with Gasteiger partial charge in [0, 0.05) is 0 Å². The van der Waals surface area contributed by atoms with Crippen molar-refractivity contribution >= 4 is 17.7 Å². The van der Waals surface area contributed by atoms with Crippen molar-refractivity contribution in [3.05, 3.63) is 48.2 Å². The molecule has 24 heavy (non-hydrogen) atoms. The van der Waals surface area contributed by atoms with Crippen LogP contribution in [0.25, 0.3) is 17.3 Å². The maximum atomic E-state index is 11.6. The molecule has 0 N–H and O–H groups in total. The van der Waals surface area contributed by atoms with E-state index in [1.165, 1.54) is 11.8 Å². The van der Waals surface area contributed by atoms with Crippen molar-refractivity contribution in [3.63, 3.8) is 0 Å². The lowest BCUT2D eigenvalue weighted by Gasteiger charge is -2.11. The second-order valence-electron chi connectivity index (χ2n) is 5.00. The van der Waals surface area contributed by atoms with E-state index >= 15 is 0 Å². The van der Waals surface area contributed by atoms with Crippen molar-refractivity contribution in [1.82, 2.24) is 14.8 Å². The second-order valence-corrected chi connectivity index (χ2v) is 5.94. The van der Waals surface area contributed by atoms with Gasteiger partial charge in [-0.05, 0) is 37.6 Å². The number of aryl methyl sites for hydroxylation is 1. The highest BCUT2D eigenvalue weighted by atomic mass is 32.2. The van der Waals surface area contributed by atoms with Gasteiger partial charge in [0.05, 0.1) is 24.3 Å². The Kier molecular flexibility index (Phi) is 5.00. The molecule has 0 spiro atoms. The molecule has 124 valence electrons. The molecule has 0 fully saturated rings. The zero-order chi connectivity index (χ0) is 16.9. The highest BCUT2D eigenvalue weighted by Gasteiger charge is 2.20. The van der Waals surface area contributed by atoms with E-state index in [0.29, 0.717) is 23.3 Å². The van der Waals surface area contributed by atoms with Crippen LogP contribution >= 0.6 is 11.8 Å². The fourth-order valence-corrected chi connectivity index (χ4v) is 3.03. The Morgan fingerprint density at radius 3 is 2.79 bits per heavy atom. The van der Waals surface area contributed by atoms with E-state index in [2.05, 4.69) is 10.2 Å². The number of nitrogens with zero attached hydrogens (tertiary/aromatic N) is 3. The molecule has 0 radical (unpaired) electrons. The lowest BCUT2D eigenvalue weighted by molar-refractivity contribution is -0.139. The summed E-state index contributed by atoms with van der Waals surface area (Å²) >= 11 is 1.29. The monoisotopic (exact) mass is 343 g/mol. The number of esters is 1. The van der Waals surface area contributed by atoms with Crippen LogP contribution in [-0.2, 0) is 9.53 Å². The van der Waals surface area contributed by atoms with Gasteiger partial charge in [0.1, 0.15) is 0 Å². The highest BCUT2D eigenvalue weighted by Crippen LogP contribution is 2.29. The molecular weight excluding hydrogens is 326 g/mol. The van der Waals surface area contributed by atoms with E-state index in [1.54, 1.807) is 19.3 Å². The maximum Gasteiger partial charge on any atom is 0.316 e. The van der Waals surface area contributed by atoms with Gasteiger partial charge in [0.2, 0.25) is 5.82 Å². The van der Waals surface area contributed by atoms with E-state index in [1.807, 2.05) is 41.8 Å². The predicted molar refractivity (Wildman–Crippen MR) is 91.2 cm³/mol. The summed E-state index contributed by atoms with van der Waals surface area (Å²) in [4.78, 5) is 11.6. The molecule has 6 nitrogen and oxygen atoms in total. The third-order valence-electron chi connectivity index (χ3n) is 3.36. The lowest BCUT2D eigenvalue weighted by Crippen LogP contribution is -2.08. The van der Waals surface area contributed by atoms with Crippen molar-refractivity contribution in [1.29, 1.82) is 0 Å². The van der Waals surface area contributed by atoms with Crippen LogP contribution in [0.1, 0.15) is 12.5 Å². The predicted octanol–water partition coefficient (Wildman–Crippen LogP) is 3.49. The number of hydrogen-bond donors (Lipinski definition) is 0. The topological polar surface area (TPSA) is 70.2 Å². The van der Waals surface area contributed by atoms with Crippen LogP contribution in [0.2, 0.25) is 0 Å². The summed E-state index contributed by atoms with van der Waals surface area (Å²) in [6, 6.07) is 11.6. The first kappa shape index (κ1) is 16.3. The number of thioether (sulfide) groups is 1. The molecule has 7 heteroatoms.